The van der Waals surface area contributed by atoms with Crippen LogP contribution >= 0.6 is 11.6 Å². The summed E-state index contributed by atoms with van der Waals surface area (Å²) in [5.74, 6) is 0.615. The van der Waals surface area contributed by atoms with Gasteiger partial charge in [-0.25, -0.2) is 0 Å². The van der Waals surface area contributed by atoms with Crippen molar-refractivity contribution in [2.24, 2.45) is 5.92 Å². The van der Waals surface area contributed by atoms with Crippen LogP contribution in [0.4, 0.5) is 0 Å². The van der Waals surface area contributed by atoms with E-state index in [2.05, 4.69) is 42.2 Å². The minimum Gasteiger partial charge on any atom is -0.299 e. The van der Waals surface area contributed by atoms with E-state index in [-0.39, 0.29) is 0 Å². The molecule has 1 aromatic carbocycles. The number of halogens is 1. The maximum absolute atomic E-state index is 6.21. The van der Waals surface area contributed by atoms with E-state index < -0.39 is 0 Å². The predicted octanol–water partition coefficient (Wildman–Crippen LogP) is 3.14. The van der Waals surface area contributed by atoms with Crippen LogP contribution in [-0.4, -0.2) is 23.4 Å². The van der Waals surface area contributed by atoms with Crippen LogP contribution in [0.3, 0.4) is 0 Å². The van der Waals surface area contributed by atoms with Crippen molar-refractivity contribution in [3.63, 3.8) is 0 Å². The molecule has 15 heavy (non-hydrogen) atoms. The Morgan fingerprint density at radius 2 is 2.07 bits per heavy atom. The standard InChI is InChI=1S/C13H18ClN/c1-11-9-15(8-7-13(11)14)10-12-5-3-2-4-6-12/h2-6,11,13H,7-10H2,1H3/t11-,13-/m0/s1. The Bertz CT molecular complexity index is 299. The molecule has 1 fully saturated rings. The van der Waals surface area contributed by atoms with Crippen molar-refractivity contribution in [2.45, 2.75) is 25.3 Å². The van der Waals surface area contributed by atoms with Gasteiger partial charge in [0.05, 0.1) is 0 Å². The number of hydrogen-bond donors (Lipinski definition) is 0. The van der Waals surface area contributed by atoms with Gasteiger partial charge in [-0.15, -0.1) is 11.6 Å². The Hall–Kier alpha value is -0.530. The van der Waals surface area contributed by atoms with Crippen LogP contribution in [0.5, 0.6) is 0 Å². The van der Waals surface area contributed by atoms with E-state index in [4.69, 9.17) is 11.6 Å². The molecule has 0 amide bonds. The summed E-state index contributed by atoms with van der Waals surface area (Å²) in [6, 6.07) is 10.7. The second-order valence-corrected chi connectivity index (χ2v) is 5.06. The fourth-order valence-electron chi connectivity index (χ4n) is 2.19. The molecule has 0 N–H and O–H groups in total. The summed E-state index contributed by atoms with van der Waals surface area (Å²) in [5.41, 5.74) is 1.40. The molecule has 2 atom stereocenters. The topological polar surface area (TPSA) is 3.24 Å². The summed E-state index contributed by atoms with van der Waals surface area (Å²) in [6.45, 7) is 5.57. The van der Waals surface area contributed by atoms with E-state index in [9.17, 15) is 0 Å². The lowest BCUT2D eigenvalue weighted by Gasteiger charge is -2.34. The van der Waals surface area contributed by atoms with Crippen molar-refractivity contribution in [3.8, 4) is 0 Å². The van der Waals surface area contributed by atoms with Gasteiger partial charge in [-0.1, -0.05) is 37.3 Å². The summed E-state index contributed by atoms with van der Waals surface area (Å²) in [6.07, 6.45) is 1.12. The lowest BCUT2D eigenvalue weighted by atomic mass is 9.99. The molecule has 1 nitrogen and oxygen atoms in total. The second-order valence-electron chi connectivity index (χ2n) is 4.50. The summed E-state index contributed by atoms with van der Waals surface area (Å²) in [4.78, 5) is 2.50. The molecular weight excluding hydrogens is 206 g/mol. The van der Waals surface area contributed by atoms with E-state index >= 15 is 0 Å². The molecule has 0 unspecified atom stereocenters. The number of nitrogens with zero attached hydrogens (tertiary/aromatic N) is 1. The SMILES string of the molecule is C[C@H]1CN(Cc2ccccc2)CC[C@@H]1Cl. The normalized spacial score (nSPS) is 27.9. The Morgan fingerprint density at radius 3 is 2.73 bits per heavy atom. The van der Waals surface area contributed by atoms with Crippen molar-refractivity contribution >= 4 is 11.6 Å². The smallest absolute Gasteiger partial charge is 0.0386 e. The lowest BCUT2D eigenvalue weighted by Crippen LogP contribution is -2.39. The zero-order valence-electron chi connectivity index (χ0n) is 9.20. The maximum Gasteiger partial charge on any atom is 0.0386 e. The summed E-state index contributed by atoms with van der Waals surface area (Å²) < 4.78 is 0. The molecule has 0 aromatic heterocycles. The monoisotopic (exact) mass is 223 g/mol. The molecule has 82 valence electrons. The average molecular weight is 224 g/mol. The Morgan fingerprint density at radius 1 is 1.33 bits per heavy atom. The third-order valence-electron chi connectivity index (χ3n) is 3.13. The highest BCUT2D eigenvalue weighted by Crippen LogP contribution is 2.22. The highest BCUT2D eigenvalue weighted by Gasteiger charge is 2.23. The predicted molar refractivity (Wildman–Crippen MR) is 65.1 cm³/mol. The van der Waals surface area contributed by atoms with Crippen LogP contribution in [0, 0.1) is 5.92 Å². The van der Waals surface area contributed by atoms with Gasteiger partial charge in [-0.3, -0.25) is 4.90 Å². The van der Waals surface area contributed by atoms with Crippen LogP contribution < -0.4 is 0 Å². The highest BCUT2D eigenvalue weighted by atomic mass is 35.5. The number of hydrogen-bond acceptors (Lipinski definition) is 1. The number of benzene rings is 1. The van der Waals surface area contributed by atoms with Gasteiger partial charge >= 0.3 is 0 Å². The van der Waals surface area contributed by atoms with E-state index in [0.717, 1.165) is 26.1 Å². The zero-order chi connectivity index (χ0) is 10.7. The Balaban J connectivity index is 1.91. The van der Waals surface area contributed by atoms with E-state index in [1.165, 1.54) is 5.56 Å². The second kappa shape index (κ2) is 5.00. The third-order valence-corrected chi connectivity index (χ3v) is 3.78. The van der Waals surface area contributed by atoms with Gasteiger partial charge in [0.1, 0.15) is 0 Å². The van der Waals surface area contributed by atoms with Gasteiger partial charge in [0.25, 0.3) is 0 Å². The average Bonchev–Trinajstić information content (AvgIpc) is 2.25. The molecular formula is C13H18ClN. The van der Waals surface area contributed by atoms with Gasteiger partial charge in [0.15, 0.2) is 0 Å². The fourth-order valence-corrected chi connectivity index (χ4v) is 2.37. The molecule has 2 rings (SSSR count). The summed E-state index contributed by atoms with van der Waals surface area (Å²) in [5, 5.41) is 0.372. The quantitative estimate of drug-likeness (QED) is 0.697. The van der Waals surface area contributed by atoms with Crippen molar-refractivity contribution in [2.75, 3.05) is 13.1 Å². The molecule has 1 aliphatic heterocycles. The summed E-state index contributed by atoms with van der Waals surface area (Å²) >= 11 is 6.21. The minimum atomic E-state index is 0.372. The minimum absolute atomic E-state index is 0.372. The molecule has 2 heteroatoms. The van der Waals surface area contributed by atoms with Gasteiger partial charge in [-0.2, -0.15) is 0 Å². The number of alkyl halides is 1. The number of likely N-dealkylation sites (tertiary alicyclic amines) is 1. The molecule has 0 saturated carbocycles. The zero-order valence-corrected chi connectivity index (χ0v) is 9.95. The van der Waals surface area contributed by atoms with Crippen molar-refractivity contribution < 1.29 is 0 Å². The van der Waals surface area contributed by atoms with Crippen molar-refractivity contribution in [1.82, 2.24) is 4.90 Å². The molecule has 0 radical (unpaired) electrons. The first-order chi connectivity index (χ1) is 7.25. The molecule has 1 aromatic rings. The number of rotatable bonds is 2. The first kappa shape index (κ1) is 11.0. The molecule has 1 aliphatic rings. The molecule has 1 saturated heterocycles. The van der Waals surface area contributed by atoms with Crippen LogP contribution in [0.25, 0.3) is 0 Å². The van der Waals surface area contributed by atoms with Crippen LogP contribution in [0.2, 0.25) is 0 Å². The van der Waals surface area contributed by atoms with Crippen molar-refractivity contribution in [3.05, 3.63) is 35.9 Å². The molecule has 0 spiro atoms. The first-order valence-electron chi connectivity index (χ1n) is 5.66. The molecule has 1 heterocycles. The Labute approximate surface area is 97.0 Å². The van der Waals surface area contributed by atoms with E-state index in [0.29, 0.717) is 11.3 Å². The van der Waals surface area contributed by atoms with Gasteiger partial charge in [0, 0.05) is 18.5 Å². The molecule has 0 bridgehead atoms. The van der Waals surface area contributed by atoms with Crippen LogP contribution in [-0.2, 0) is 6.54 Å². The lowest BCUT2D eigenvalue weighted by molar-refractivity contribution is 0.180. The Kier molecular flexibility index (Phi) is 3.66. The maximum atomic E-state index is 6.21. The highest BCUT2D eigenvalue weighted by molar-refractivity contribution is 6.20. The van der Waals surface area contributed by atoms with E-state index in [1.54, 1.807) is 0 Å². The largest absolute Gasteiger partial charge is 0.299 e. The van der Waals surface area contributed by atoms with Crippen molar-refractivity contribution in [1.29, 1.82) is 0 Å². The van der Waals surface area contributed by atoms with Gasteiger partial charge in [-0.05, 0) is 24.4 Å². The van der Waals surface area contributed by atoms with Gasteiger partial charge < -0.3 is 0 Å². The first-order valence-corrected chi connectivity index (χ1v) is 6.09. The van der Waals surface area contributed by atoms with Crippen LogP contribution in [0.1, 0.15) is 18.9 Å². The van der Waals surface area contributed by atoms with Crippen LogP contribution in [0.15, 0.2) is 30.3 Å². The van der Waals surface area contributed by atoms with Gasteiger partial charge in [0.2, 0.25) is 0 Å². The molecule has 0 aliphatic carbocycles. The fraction of sp³-hybridized carbons (Fsp3) is 0.538. The van der Waals surface area contributed by atoms with E-state index in [1.807, 2.05) is 0 Å². The number of piperidine rings is 1. The third kappa shape index (κ3) is 2.96. The summed E-state index contributed by atoms with van der Waals surface area (Å²) in [7, 11) is 0.